The Morgan fingerprint density at radius 3 is 2.65 bits per heavy atom. The fraction of sp³-hybridized carbons (Fsp3) is 0.353. The number of nitriles is 1. The van der Waals surface area contributed by atoms with Crippen molar-refractivity contribution in [3.8, 4) is 11.8 Å². The molecule has 0 radical (unpaired) electrons. The number of hydrogen-bond donors (Lipinski definition) is 1. The highest BCUT2D eigenvalue weighted by Gasteiger charge is 2.07. The average Bonchev–Trinajstić information content (AvgIpc) is 2.57. The highest BCUT2D eigenvalue weighted by molar-refractivity contribution is 5.89. The topological polar surface area (TPSA) is 88.4 Å². The Morgan fingerprint density at radius 2 is 2.04 bits per heavy atom. The van der Waals surface area contributed by atoms with Crippen LogP contribution in [-0.4, -0.2) is 31.1 Å². The lowest BCUT2D eigenvalue weighted by Crippen LogP contribution is -2.35. The quantitative estimate of drug-likeness (QED) is 0.586. The molecule has 0 saturated heterocycles. The molecule has 1 amide bonds. The fourth-order valence-electron chi connectivity index (χ4n) is 1.56. The second kappa shape index (κ2) is 10.0. The van der Waals surface area contributed by atoms with Gasteiger partial charge in [0.1, 0.15) is 11.8 Å². The van der Waals surface area contributed by atoms with Gasteiger partial charge in [0.25, 0.3) is 5.91 Å². The van der Waals surface area contributed by atoms with Gasteiger partial charge in [-0.15, -0.1) is 0 Å². The normalized spacial score (nSPS) is 11.5. The smallest absolute Gasteiger partial charge is 0.331 e. The average molecular weight is 316 g/mol. The number of esters is 1. The lowest BCUT2D eigenvalue weighted by Gasteiger charge is -2.10. The van der Waals surface area contributed by atoms with E-state index in [0.717, 1.165) is 12.0 Å². The molecule has 0 aliphatic heterocycles. The molecule has 0 heterocycles. The van der Waals surface area contributed by atoms with Gasteiger partial charge in [-0.25, -0.2) is 4.79 Å². The van der Waals surface area contributed by atoms with E-state index in [2.05, 4.69) is 5.32 Å². The SMILES string of the molecule is CCC(C)NC(=O)COC(=O)/C=C/c1ccc(OCC#N)cc1. The number of benzene rings is 1. The first-order valence-electron chi connectivity index (χ1n) is 7.29. The number of rotatable bonds is 8. The van der Waals surface area contributed by atoms with Crippen molar-refractivity contribution in [1.29, 1.82) is 5.26 Å². The second-order valence-corrected chi connectivity index (χ2v) is 4.83. The van der Waals surface area contributed by atoms with Crippen LogP contribution < -0.4 is 10.1 Å². The molecular weight excluding hydrogens is 296 g/mol. The highest BCUT2D eigenvalue weighted by atomic mass is 16.5. The number of hydrogen-bond acceptors (Lipinski definition) is 5. The molecule has 1 N–H and O–H groups in total. The van der Waals surface area contributed by atoms with Gasteiger partial charge in [0, 0.05) is 12.1 Å². The predicted octanol–water partition coefficient (Wildman–Crippen LogP) is 2.06. The van der Waals surface area contributed by atoms with E-state index in [1.54, 1.807) is 30.3 Å². The van der Waals surface area contributed by atoms with Gasteiger partial charge < -0.3 is 14.8 Å². The van der Waals surface area contributed by atoms with E-state index >= 15 is 0 Å². The maximum atomic E-state index is 11.5. The molecule has 0 aliphatic carbocycles. The molecule has 6 nitrogen and oxygen atoms in total. The van der Waals surface area contributed by atoms with Crippen LogP contribution in [0.25, 0.3) is 6.08 Å². The molecule has 1 aromatic carbocycles. The second-order valence-electron chi connectivity index (χ2n) is 4.83. The van der Waals surface area contributed by atoms with Crippen molar-refractivity contribution in [2.24, 2.45) is 0 Å². The molecule has 0 bridgehead atoms. The Morgan fingerprint density at radius 1 is 1.35 bits per heavy atom. The maximum Gasteiger partial charge on any atom is 0.331 e. The Hall–Kier alpha value is -2.81. The Bertz CT molecular complexity index is 588. The predicted molar refractivity (Wildman–Crippen MR) is 85.4 cm³/mol. The molecule has 0 saturated carbocycles. The first kappa shape index (κ1) is 18.2. The van der Waals surface area contributed by atoms with Crippen LogP contribution in [0.5, 0.6) is 5.75 Å². The third-order valence-corrected chi connectivity index (χ3v) is 2.96. The number of nitrogens with zero attached hydrogens (tertiary/aromatic N) is 1. The summed E-state index contributed by atoms with van der Waals surface area (Å²) >= 11 is 0. The van der Waals surface area contributed by atoms with Crippen LogP contribution >= 0.6 is 0 Å². The molecule has 6 heteroatoms. The molecule has 1 atom stereocenters. The summed E-state index contributed by atoms with van der Waals surface area (Å²) < 4.78 is 9.97. The van der Waals surface area contributed by atoms with Crippen molar-refractivity contribution in [2.45, 2.75) is 26.3 Å². The molecule has 0 fully saturated rings. The van der Waals surface area contributed by atoms with Crippen LogP contribution in [0.3, 0.4) is 0 Å². The minimum atomic E-state index is -0.589. The number of carbonyl (C=O) groups is 2. The standard InChI is InChI=1S/C17H20N2O4/c1-3-13(2)19-16(20)12-23-17(21)9-6-14-4-7-15(8-5-14)22-11-10-18/h4-9,13H,3,11-12H2,1-2H3,(H,19,20)/b9-6+. The summed E-state index contributed by atoms with van der Waals surface area (Å²) in [7, 11) is 0. The zero-order valence-corrected chi connectivity index (χ0v) is 13.2. The van der Waals surface area contributed by atoms with Gasteiger partial charge in [-0.1, -0.05) is 19.1 Å². The summed E-state index contributed by atoms with van der Waals surface area (Å²) in [6, 6.07) is 8.81. The first-order chi connectivity index (χ1) is 11.0. The summed E-state index contributed by atoms with van der Waals surface area (Å²) in [6.45, 7) is 3.52. The van der Waals surface area contributed by atoms with Crippen LogP contribution in [0.2, 0.25) is 0 Å². The van der Waals surface area contributed by atoms with Gasteiger partial charge in [0.05, 0.1) is 0 Å². The fourth-order valence-corrected chi connectivity index (χ4v) is 1.56. The van der Waals surface area contributed by atoms with Crippen LogP contribution in [0, 0.1) is 11.3 Å². The van der Waals surface area contributed by atoms with E-state index in [-0.39, 0.29) is 25.2 Å². The summed E-state index contributed by atoms with van der Waals surface area (Å²) in [5.41, 5.74) is 0.773. The van der Waals surface area contributed by atoms with E-state index in [0.29, 0.717) is 5.75 Å². The van der Waals surface area contributed by atoms with Gasteiger partial charge in [0.2, 0.25) is 0 Å². The third kappa shape index (κ3) is 7.67. The van der Waals surface area contributed by atoms with Crippen LogP contribution in [0.15, 0.2) is 30.3 Å². The molecule has 122 valence electrons. The van der Waals surface area contributed by atoms with Crippen LogP contribution in [0.4, 0.5) is 0 Å². The monoisotopic (exact) mass is 316 g/mol. The van der Waals surface area contributed by atoms with E-state index in [9.17, 15) is 9.59 Å². The van der Waals surface area contributed by atoms with Crippen molar-refractivity contribution < 1.29 is 19.1 Å². The molecule has 0 aliphatic rings. The van der Waals surface area contributed by atoms with Gasteiger partial charge in [-0.3, -0.25) is 4.79 Å². The highest BCUT2D eigenvalue weighted by Crippen LogP contribution is 2.13. The van der Waals surface area contributed by atoms with Crippen molar-refractivity contribution in [2.75, 3.05) is 13.2 Å². The molecule has 1 aromatic rings. The van der Waals surface area contributed by atoms with E-state index < -0.39 is 5.97 Å². The molecule has 1 unspecified atom stereocenters. The first-order valence-corrected chi connectivity index (χ1v) is 7.29. The lowest BCUT2D eigenvalue weighted by atomic mass is 10.2. The largest absolute Gasteiger partial charge is 0.479 e. The van der Waals surface area contributed by atoms with Gasteiger partial charge in [-0.05, 0) is 37.1 Å². The number of nitrogens with one attached hydrogen (secondary N) is 1. The van der Waals surface area contributed by atoms with Crippen LogP contribution in [0.1, 0.15) is 25.8 Å². The van der Waals surface area contributed by atoms with Crippen molar-refractivity contribution in [1.82, 2.24) is 5.32 Å². The van der Waals surface area contributed by atoms with Gasteiger partial charge in [-0.2, -0.15) is 5.26 Å². The van der Waals surface area contributed by atoms with Gasteiger partial charge in [0.15, 0.2) is 13.2 Å². The lowest BCUT2D eigenvalue weighted by molar-refractivity contribution is -0.144. The molecule has 23 heavy (non-hydrogen) atoms. The molecule has 1 rings (SSSR count). The van der Waals surface area contributed by atoms with E-state index in [1.807, 2.05) is 19.9 Å². The van der Waals surface area contributed by atoms with Crippen molar-refractivity contribution in [3.63, 3.8) is 0 Å². The maximum absolute atomic E-state index is 11.5. The molecule has 0 spiro atoms. The van der Waals surface area contributed by atoms with Crippen molar-refractivity contribution in [3.05, 3.63) is 35.9 Å². The summed E-state index contributed by atoms with van der Waals surface area (Å²) in [5.74, 6) is -0.331. The molecular formula is C17H20N2O4. The summed E-state index contributed by atoms with van der Waals surface area (Å²) in [6.07, 6.45) is 3.64. The number of ether oxygens (including phenoxy) is 2. The minimum Gasteiger partial charge on any atom is -0.479 e. The minimum absolute atomic E-state index is 0.0137. The summed E-state index contributed by atoms with van der Waals surface area (Å²) in [4.78, 5) is 23.0. The van der Waals surface area contributed by atoms with E-state index in [1.165, 1.54) is 6.08 Å². The summed E-state index contributed by atoms with van der Waals surface area (Å²) in [5, 5.41) is 11.1. The Kier molecular flexibility index (Phi) is 7.94. The molecule has 0 aromatic heterocycles. The Labute approximate surface area is 135 Å². The zero-order valence-electron chi connectivity index (χ0n) is 13.2. The van der Waals surface area contributed by atoms with E-state index in [4.69, 9.17) is 14.7 Å². The van der Waals surface area contributed by atoms with Gasteiger partial charge >= 0.3 is 5.97 Å². The van der Waals surface area contributed by atoms with Crippen molar-refractivity contribution >= 4 is 18.0 Å². The Balaban J connectivity index is 2.40. The zero-order chi connectivity index (χ0) is 17.1. The van der Waals surface area contributed by atoms with Crippen LogP contribution in [-0.2, 0) is 14.3 Å². The number of carbonyl (C=O) groups excluding carboxylic acids is 2. The number of amides is 1. The third-order valence-electron chi connectivity index (χ3n) is 2.96.